The fraction of sp³-hybridized carbons (Fsp3) is 0.500. The summed E-state index contributed by atoms with van der Waals surface area (Å²) in [6, 6.07) is 5.84. The zero-order valence-electron chi connectivity index (χ0n) is 18.0. The van der Waals surface area contributed by atoms with Crippen LogP contribution in [0.5, 0.6) is 5.75 Å². The van der Waals surface area contributed by atoms with E-state index in [4.69, 9.17) is 9.47 Å². The first-order valence-electron chi connectivity index (χ1n) is 9.57. The van der Waals surface area contributed by atoms with E-state index in [2.05, 4.69) is 20.7 Å². The Hall–Kier alpha value is -2.02. The number of alkyl halides is 3. The van der Waals surface area contributed by atoms with Gasteiger partial charge in [0.1, 0.15) is 12.4 Å². The normalized spacial score (nSPS) is 11.8. The summed E-state index contributed by atoms with van der Waals surface area (Å²) in [5.74, 6) is 1.12. The summed E-state index contributed by atoms with van der Waals surface area (Å²) in [6.45, 7) is 5.55. The van der Waals surface area contributed by atoms with E-state index in [1.54, 1.807) is 7.11 Å². The molecule has 31 heavy (non-hydrogen) atoms. The SMILES string of the molecule is CCNC(=NCc1cn(C)nc1C(F)(F)F)NCc1ccc(C)cc1OCCOC.I. The zero-order valence-corrected chi connectivity index (χ0v) is 20.4. The summed E-state index contributed by atoms with van der Waals surface area (Å²) in [5, 5.41) is 9.69. The molecule has 0 radical (unpaired) electrons. The molecular formula is C20H29F3IN5O2. The highest BCUT2D eigenvalue weighted by atomic mass is 127. The van der Waals surface area contributed by atoms with Gasteiger partial charge in [0.15, 0.2) is 11.7 Å². The number of aliphatic imine (C=N–C) groups is 1. The predicted octanol–water partition coefficient (Wildman–Crippen LogP) is 3.65. The van der Waals surface area contributed by atoms with Crippen molar-refractivity contribution in [1.29, 1.82) is 0 Å². The number of aromatic nitrogens is 2. The van der Waals surface area contributed by atoms with Crippen LogP contribution in [0, 0.1) is 6.92 Å². The second-order valence-electron chi connectivity index (χ2n) is 6.68. The van der Waals surface area contributed by atoms with Gasteiger partial charge in [-0.3, -0.25) is 4.68 Å². The molecule has 0 aliphatic carbocycles. The zero-order chi connectivity index (χ0) is 22.1. The van der Waals surface area contributed by atoms with Gasteiger partial charge in [-0.2, -0.15) is 18.3 Å². The molecule has 2 aromatic rings. The summed E-state index contributed by atoms with van der Waals surface area (Å²) in [6.07, 6.45) is -3.19. The Bertz CT molecular complexity index is 856. The maximum absolute atomic E-state index is 13.1. The Labute approximate surface area is 197 Å². The molecule has 0 bridgehead atoms. The number of nitrogens with one attached hydrogen (secondary N) is 2. The number of guanidine groups is 1. The minimum absolute atomic E-state index is 0. The van der Waals surface area contributed by atoms with Gasteiger partial charge in [0, 0.05) is 44.6 Å². The van der Waals surface area contributed by atoms with E-state index in [1.165, 1.54) is 13.2 Å². The van der Waals surface area contributed by atoms with E-state index in [0.717, 1.165) is 21.6 Å². The van der Waals surface area contributed by atoms with Crippen LogP contribution >= 0.6 is 24.0 Å². The minimum Gasteiger partial charge on any atom is -0.491 e. The molecular weight excluding hydrogens is 526 g/mol. The van der Waals surface area contributed by atoms with Gasteiger partial charge in [-0.15, -0.1) is 24.0 Å². The Morgan fingerprint density at radius 3 is 2.58 bits per heavy atom. The van der Waals surface area contributed by atoms with E-state index in [9.17, 15) is 13.2 Å². The Kier molecular flexibility index (Phi) is 11.1. The number of hydrogen-bond donors (Lipinski definition) is 2. The number of aryl methyl sites for hydroxylation is 2. The van der Waals surface area contributed by atoms with Crippen LogP contribution in [-0.4, -0.2) is 42.6 Å². The molecule has 1 aromatic carbocycles. The molecule has 174 valence electrons. The molecule has 0 aliphatic heterocycles. The third-order valence-corrected chi connectivity index (χ3v) is 4.14. The lowest BCUT2D eigenvalue weighted by Gasteiger charge is -2.15. The third kappa shape index (κ3) is 8.56. The smallest absolute Gasteiger partial charge is 0.435 e. The molecule has 0 aliphatic rings. The molecule has 0 unspecified atom stereocenters. The van der Waals surface area contributed by atoms with Gasteiger partial charge in [0.25, 0.3) is 0 Å². The third-order valence-electron chi connectivity index (χ3n) is 4.14. The van der Waals surface area contributed by atoms with Gasteiger partial charge in [-0.05, 0) is 25.5 Å². The highest BCUT2D eigenvalue weighted by Crippen LogP contribution is 2.30. The summed E-state index contributed by atoms with van der Waals surface area (Å²) < 4.78 is 51.3. The van der Waals surface area contributed by atoms with Crippen molar-refractivity contribution in [1.82, 2.24) is 20.4 Å². The maximum Gasteiger partial charge on any atom is 0.435 e. The lowest BCUT2D eigenvalue weighted by atomic mass is 10.1. The molecule has 2 N–H and O–H groups in total. The highest BCUT2D eigenvalue weighted by Gasteiger charge is 2.36. The van der Waals surface area contributed by atoms with Gasteiger partial charge in [0.2, 0.25) is 0 Å². The molecule has 1 heterocycles. The van der Waals surface area contributed by atoms with Gasteiger partial charge >= 0.3 is 6.18 Å². The molecule has 1 aromatic heterocycles. The molecule has 7 nitrogen and oxygen atoms in total. The molecule has 0 saturated heterocycles. The fourth-order valence-electron chi connectivity index (χ4n) is 2.75. The van der Waals surface area contributed by atoms with Crippen LogP contribution in [0.3, 0.4) is 0 Å². The fourth-order valence-corrected chi connectivity index (χ4v) is 2.75. The van der Waals surface area contributed by atoms with Gasteiger partial charge in [-0.25, -0.2) is 4.99 Å². The van der Waals surface area contributed by atoms with Crippen LogP contribution in [0.2, 0.25) is 0 Å². The van der Waals surface area contributed by atoms with Crippen LogP contribution in [0.25, 0.3) is 0 Å². The second-order valence-corrected chi connectivity index (χ2v) is 6.68. The largest absolute Gasteiger partial charge is 0.491 e. The predicted molar refractivity (Wildman–Crippen MR) is 124 cm³/mol. The number of halogens is 4. The van der Waals surface area contributed by atoms with E-state index in [-0.39, 0.29) is 36.1 Å². The van der Waals surface area contributed by atoms with Gasteiger partial charge in [0.05, 0.1) is 13.2 Å². The van der Waals surface area contributed by atoms with Crippen LogP contribution in [0.4, 0.5) is 13.2 Å². The standard InChI is InChI=1S/C20H28F3N5O2.HI/c1-5-24-19(26-12-16-13-28(3)27-18(16)20(21,22)23)25-11-15-7-6-14(2)10-17(15)30-9-8-29-4;/h6-7,10,13H,5,8-9,11-12H2,1-4H3,(H2,24,25,26);1H. The maximum atomic E-state index is 13.1. The van der Waals surface area contributed by atoms with Crippen molar-refractivity contribution in [2.24, 2.45) is 12.0 Å². The monoisotopic (exact) mass is 555 g/mol. The summed E-state index contributed by atoms with van der Waals surface area (Å²) in [7, 11) is 3.06. The second kappa shape index (κ2) is 12.7. The lowest BCUT2D eigenvalue weighted by Crippen LogP contribution is -2.37. The Morgan fingerprint density at radius 2 is 1.94 bits per heavy atom. The lowest BCUT2D eigenvalue weighted by molar-refractivity contribution is -0.142. The van der Waals surface area contributed by atoms with Crippen LogP contribution in [0.15, 0.2) is 29.4 Å². The Morgan fingerprint density at radius 1 is 1.19 bits per heavy atom. The van der Waals surface area contributed by atoms with Crippen molar-refractivity contribution in [3.63, 3.8) is 0 Å². The van der Waals surface area contributed by atoms with E-state index < -0.39 is 11.9 Å². The first-order chi connectivity index (χ1) is 14.2. The van der Waals surface area contributed by atoms with Crippen molar-refractivity contribution in [2.75, 3.05) is 26.9 Å². The van der Waals surface area contributed by atoms with E-state index >= 15 is 0 Å². The number of hydrogen-bond acceptors (Lipinski definition) is 4. The summed E-state index contributed by atoms with van der Waals surface area (Å²) >= 11 is 0. The van der Waals surface area contributed by atoms with Crippen molar-refractivity contribution in [2.45, 2.75) is 33.1 Å². The van der Waals surface area contributed by atoms with Gasteiger partial charge < -0.3 is 20.1 Å². The van der Waals surface area contributed by atoms with Crippen molar-refractivity contribution in [3.8, 4) is 5.75 Å². The highest BCUT2D eigenvalue weighted by molar-refractivity contribution is 14.0. The molecule has 11 heteroatoms. The average Bonchev–Trinajstić information content (AvgIpc) is 3.06. The summed E-state index contributed by atoms with van der Waals surface area (Å²) in [4.78, 5) is 4.29. The molecule has 0 atom stereocenters. The number of benzene rings is 1. The quantitative estimate of drug-likeness (QED) is 0.214. The van der Waals surface area contributed by atoms with Crippen molar-refractivity contribution in [3.05, 3.63) is 46.8 Å². The topological polar surface area (TPSA) is 72.7 Å². The number of methoxy groups -OCH3 is 1. The molecule has 0 saturated carbocycles. The van der Waals surface area contributed by atoms with Crippen LogP contribution < -0.4 is 15.4 Å². The Balaban J connectivity index is 0.00000480. The molecule has 0 fully saturated rings. The average molecular weight is 555 g/mol. The number of rotatable bonds is 9. The minimum atomic E-state index is -4.52. The van der Waals surface area contributed by atoms with Crippen molar-refractivity contribution >= 4 is 29.9 Å². The van der Waals surface area contributed by atoms with Gasteiger partial charge in [-0.1, -0.05) is 12.1 Å². The molecule has 2 rings (SSSR count). The first kappa shape index (κ1) is 27.0. The van der Waals surface area contributed by atoms with Crippen LogP contribution in [0.1, 0.15) is 29.3 Å². The molecule has 0 spiro atoms. The number of nitrogens with zero attached hydrogens (tertiary/aromatic N) is 3. The van der Waals surface area contributed by atoms with Crippen LogP contribution in [-0.2, 0) is 31.1 Å². The molecule has 0 amide bonds. The summed E-state index contributed by atoms with van der Waals surface area (Å²) in [5.41, 5.74) is 1.06. The van der Waals surface area contributed by atoms with Crippen molar-refractivity contribution < 1.29 is 22.6 Å². The van der Waals surface area contributed by atoms with E-state index in [0.29, 0.717) is 32.3 Å². The first-order valence-corrected chi connectivity index (χ1v) is 9.57. The number of ether oxygens (including phenoxy) is 2. The van der Waals surface area contributed by atoms with E-state index in [1.807, 2.05) is 32.0 Å².